The van der Waals surface area contributed by atoms with Crippen molar-refractivity contribution in [3.8, 4) is 11.1 Å². The number of thioether (sulfide) groups is 1. The van der Waals surface area contributed by atoms with Crippen molar-refractivity contribution in [1.29, 1.82) is 0 Å². The van der Waals surface area contributed by atoms with Crippen LogP contribution < -0.4 is 0 Å². The molecule has 0 fully saturated rings. The molecule has 0 saturated carbocycles. The number of nitro benzene ring substituents is 1. The van der Waals surface area contributed by atoms with Crippen molar-refractivity contribution in [1.82, 2.24) is 0 Å². The molecule has 2 aromatic carbocycles. The molecule has 0 radical (unpaired) electrons. The van der Waals surface area contributed by atoms with Gasteiger partial charge in [0.2, 0.25) is 0 Å². The van der Waals surface area contributed by atoms with Crippen LogP contribution in [0.15, 0.2) is 47.4 Å². The molecule has 0 aliphatic carbocycles. The Morgan fingerprint density at radius 1 is 1.19 bits per heavy atom. The molecular formula is C15H13NO4S. The topological polar surface area (TPSA) is 80.4 Å². The minimum Gasteiger partial charge on any atom is -0.477 e. The van der Waals surface area contributed by atoms with Crippen molar-refractivity contribution in [2.45, 2.75) is 11.8 Å². The Kier molecular flexibility index (Phi) is 4.59. The van der Waals surface area contributed by atoms with E-state index >= 15 is 0 Å². The van der Waals surface area contributed by atoms with E-state index < -0.39 is 16.6 Å². The van der Waals surface area contributed by atoms with Crippen LogP contribution >= 0.6 is 11.8 Å². The van der Waals surface area contributed by atoms with Crippen LogP contribution in [0.3, 0.4) is 0 Å². The average molecular weight is 303 g/mol. The molecule has 0 aromatic heterocycles. The molecule has 0 unspecified atom stereocenters. The van der Waals surface area contributed by atoms with Crippen LogP contribution in [0, 0.1) is 10.1 Å². The Morgan fingerprint density at radius 2 is 1.81 bits per heavy atom. The van der Waals surface area contributed by atoms with Gasteiger partial charge in [-0.2, -0.15) is 0 Å². The molecule has 1 N–H and O–H groups in total. The number of carbonyl (C=O) groups is 1. The second-order valence-electron chi connectivity index (χ2n) is 4.25. The fraction of sp³-hybridized carbons (Fsp3) is 0.133. The molecule has 108 valence electrons. The monoisotopic (exact) mass is 303 g/mol. The normalized spacial score (nSPS) is 10.3. The zero-order valence-electron chi connectivity index (χ0n) is 11.3. The lowest BCUT2D eigenvalue weighted by Crippen LogP contribution is -2.02. The van der Waals surface area contributed by atoms with E-state index in [2.05, 4.69) is 6.92 Å². The summed E-state index contributed by atoms with van der Waals surface area (Å²) in [7, 11) is 0. The van der Waals surface area contributed by atoms with E-state index in [1.54, 1.807) is 17.8 Å². The largest absolute Gasteiger partial charge is 0.477 e. The van der Waals surface area contributed by atoms with Gasteiger partial charge in [-0.3, -0.25) is 10.1 Å². The zero-order valence-corrected chi connectivity index (χ0v) is 12.1. The van der Waals surface area contributed by atoms with Gasteiger partial charge in [0.25, 0.3) is 5.69 Å². The Morgan fingerprint density at radius 3 is 2.33 bits per heavy atom. The molecule has 0 aliphatic rings. The summed E-state index contributed by atoms with van der Waals surface area (Å²) in [5.41, 5.74) is 0.740. The van der Waals surface area contributed by atoms with Crippen LogP contribution in [-0.4, -0.2) is 21.8 Å². The van der Waals surface area contributed by atoms with Gasteiger partial charge < -0.3 is 5.11 Å². The highest BCUT2D eigenvalue weighted by Gasteiger charge is 2.20. The number of hydrogen-bond acceptors (Lipinski definition) is 4. The van der Waals surface area contributed by atoms with Crippen molar-refractivity contribution >= 4 is 23.4 Å². The first-order valence-electron chi connectivity index (χ1n) is 6.28. The van der Waals surface area contributed by atoms with E-state index in [1.807, 2.05) is 24.3 Å². The number of rotatable bonds is 5. The second-order valence-corrected chi connectivity index (χ2v) is 5.59. The van der Waals surface area contributed by atoms with Gasteiger partial charge in [0.15, 0.2) is 0 Å². The third-order valence-corrected chi connectivity index (χ3v) is 3.82. The van der Waals surface area contributed by atoms with Gasteiger partial charge in [0.05, 0.1) is 4.92 Å². The zero-order chi connectivity index (χ0) is 15.4. The molecule has 5 nitrogen and oxygen atoms in total. The maximum Gasteiger partial charge on any atom is 0.342 e. The van der Waals surface area contributed by atoms with Crippen molar-refractivity contribution in [3.05, 3.63) is 58.1 Å². The highest BCUT2D eigenvalue weighted by molar-refractivity contribution is 7.99. The maximum absolute atomic E-state index is 11.0. The molecule has 0 atom stereocenters. The molecule has 0 bridgehead atoms. The predicted molar refractivity (Wildman–Crippen MR) is 81.9 cm³/mol. The summed E-state index contributed by atoms with van der Waals surface area (Å²) in [6, 6.07) is 11.8. The number of nitrogens with zero attached hydrogens (tertiary/aromatic N) is 1. The minimum absolute atomic E-state index is 0.304. The Labute approximate surface area is 125 Å². The lowest BCUT2D eigenvalue weighted by atomic mass is 10.0. The van der Waals surface area contributed by atoms with Gasteiger partial charge in [0, 0.05) is 11.0 Å². The minimum atomic E-state index is -1.30. The summed E-state index contributed by atoms with van der Waals surface area (Å²) in [5.74, 6) is -0.332. The van der Waals surface area contributed by atoms with Gasteiger partial charge in [-0.1, -0.05) is 25.1 Å². The van der Waals surface area contributed by atoms with Gasteiger partial charge in [0.1, 0.15) is 5.56 Å². The van der Waals surface area contributed by atoms with E-state index in [0.717, 1.165) is 16.2 Å². The Hall–Kier alpha value is -2.34. The van der Waals surface area contributed by atoms with E-state index in [4.69, 9.17) is 5.11 Å². The third-order valence-electron chi connectivity index (χ3n) is 2.92. The summed E-state index contributed by atoms with van der Waals surface area (Å²) >= 11 is 1.71. The highest BCUT2D eigenvalue weighted by Crippen LogP contribution is 2.29. The number of aromatic carboxylic acids is 1. The van der Waals surface area contributed by atoms with Crippen LogP contribution in [0.4, 0.5) is 5.69 Å². The fourth-order valence-corrected chi connectivity index (χ4v) is 2.62. The molecule has 0 heterocycles. The molecular weight excluding hydrogens is 290 g/mol. The number of nitro groups is 1. The summed E-state index contributed by atoms with van der Waals surface area (Å²) in [6.07, 6.45) is 0. The quantitative estimate of drug-likeness (QED) is 0.511. The first kappa shape index (κ1) is 15.1. The van der Waals surface area contributed by atoms with Gasteiger partial charge in [-0.15, -0.1) is 11.8 Å². The second kappa shape index (κ2) is 6.41. The Balaban J connectivity index is 2.42. The molecule has 21 heavy (non-hydrogen) atoms. The van der Waals surface area contributed by atoms with Gasteiger partial charge in [-0.25, -0.2) is 4.79 Å². The first-order chi connectivity index (χ1) is 10.0. The van der Waals surface area contributed by atoms with Crippen molar-refractivity contribution in [3.63, 3.8) is 0 Å². The van der Waals surface area contributed by atoms with Crippen LogP contribution in [0.2, 0.25) is 0 Å². The number of carboxylic acid groups (broad SMARTS) is 1. The molecule has 0 aliphatic heterocycles. The first-order valence-corrected chi connectivity index (χ1v) is 7.26. The number of hydrogen-bond donors (Lipinski definition) is 1. The average Bonchev–Trinajstić information content (AvgIpc) is 2.47. The van der Waals surface area contributed by atoms with Gasteiger partial charge in [-0.05, 0) is 35.1 Å². The van der Waals surface area contributed by atoms with Crippen molar-refractivity contribution in [2.75, 3.05) is 5.75 Å². The maximum atomic E-state index is 11.0. The summed E-state index contributed by atoms with van der Waals surface area (Å²) in [5, 5.41) is 20.0. The van der Waals surface area contributed by atoms with E-state index in [-0.39, 0.29) is 5.56 Å². The fourth-order valence-electron chi connectivity index (χ4n) is 1.95. The predicted octanol–water partition coefficient (Wildman–Crippen LogP) is 4.07. The standard InChI is InChI=1S/C15H13NO4S/c1-2-21-12-6-3-10(4-7-12)11-5-8-13(15(17)18)14(9-11)16(19)20/h3-9H,2H2,1H3,(H,17,18). The van der Waals surface area contributed by atoms with Crippen molar-refractivity contribution in [2.24, 2.45) is 0 Å². The van der Waals surface area contributed by atoms with Crippen molar-refractivity contribution < 1.29 is 14.8 Å². The van der Waals surface area contributed by atoms with Crippen LogP contribution in [0.1, 0.15) is 17.3 Å². The van der Waals surface area contributed by atoms with E-state index in [9.17, 15) is 14.9 Å². The third kappa shape index (κ3) is 3.41. The van der Waals surface area contributed by atoms with Gasteiger partial charge >= 0.3 is 5.97 Å². The molecule has 0 saturated heterocycles. The highest BCUT2D eigenvalue weighted by atomic mass is 32.2. The molecule has 2 aromatic rings. The smallest absolute Gasteiger partial charge is 0.342 e. The van der Waals surface area contributed by atoms with Crippen LogP contribution in [-0.2, 0) is 0 Å². The lowest BCUT2D eigenvalue weighted by molar-refractivity contribution is -0.385. The van der Waals surface area contributed by atoms with Crippen LogP contribution in [0.5, 0.6) is 0 Å². The lowest BCUT2D eigenvalue weighted by Gasteiger charge is -2.05. The summed E-state index contributed by atoms with van der Waals surface area (Å²) in [6.45, 7) is 2.06. The molecule has 0 spiro atoms. The van der Waals surface area contributed by atoms with E-state index in [0.29, 0.717) is 5.56 Å². The Bertz CT molecular complexity index is 683. The van der Waals surface area contributed by atoms with Crippen LogP contribution in [0.25, 0.3) is 11.1 Å². The SMILES string of the molecule is CCSc1ccc(-c2ccc(C(=O)O)c([N+](=O)[O-])c2)cc1. The van der Waals surface area contributed by atoms with E-state index in [1.165, 1.54) is 12.1 Å². The summed E-state index contributed by atoms with van der Waals surface area (Å²) in [4.78, 5) is 22.4. The molecule has 0 amide bonds. The number of benzene rings is 2. The number of carboxylic acids is 1. The molecule has 2 rings (SSSR count). The summed E-state index contributed by atoms with van der Waals surface area (Å²) < 4.78 is 0. The molecule has 6 heteroatoms.